The number of hydrazone groups is 1. The molecule has 29 heavy (non-hydrogen) atoms. The molecule has 3 rings (SSSR count). The molecule has 1 aliphatic rings. The third-order valence-electron chi connectivity index (χ3n) is 4.80. The molecule has 8 nitrogen and oxygen atoms in total. The van der Waals surface area contributed by atoms with Crippen LogP contribution in [0.15, 0.2) is 29.4 Å². The van der Waals surface area contributed by atoms with Gasteiger partial charge in [0.25, 0.3) is 5.91 Å². The summed E-state index contributed by atoms with van der Waals surface area (Å²) >= 11 is 0. The number of aromatic nitrogens is 2. The van der Waals surface area contributed by atoms with Crippen LogP contribution in [0.3, 0.4) is 0 Å². The lowest BCUT2D eigenvalue weighted by atomic mass is 10.2. The van der Waals surface area contributed by atoms with Gasteiger partial charge in [-0.1, -0.05) is 0 Å². The van der Waals surface area contributed by atoms with Gasteiger partial charge in [0.15, 0.2) is 15.9 Å². The Balaban J connectivity index is 1.62. The lowest BCUT2D eigenvalue weighted by Crippen LogP contribution is -2.33. The molecule has 2 atom stereocenters. The highest BCUT2D eigenvalue weighted by Gasteiger charge is 2.31. The van der Waals surface area contributed by atoms with Gasteiger partial charge in [-0.3, -0.25) is 9.48 Å². The Bertz CT molecular complexity index is 1030. The van der Waals surface area contributed by atoms with Gasteiger partial charge in [0.05, 0.1) is 29.5 Å². The van der Waals surface area contributed by atoms with Crippen molar-refractivity contribution >= 4 is 22.0 Å². The molecule has 1 aliphatic heterocycles. The molecule has 1 aromatic carbocycles. The van der Waals surface area contributed by atoms with E-state index in [0.717, 1.165) is 11.3 Å². The number of sulfone groups is 1. The van der Waals surface area contributed by atoms with Crippen LogP contribution in [0.2, 0.25) is 0 Å². The summed E-state index contributed by atoms with van der Waals surface area (Å²) in [6, 6.07) is 5.19. The first kappa shape index (κ1) is 21.0. The molecule has 0 radical (unpaired) electrons. The number of ether oxygens (including phenoxy) is 1. The fourth-order valence-electron chi connectivity index (χ4n) is 3.21. The topological polar surface area (TPSA) is 103 Å². The monoisotopic (exact) mass is 422 g/mol. The van der Waals surface area contributed by atoms with Gasteiger partial charge in [-0.25, -0.2) is 18.2 Å². The van der Waals surface area contributed by atoms with Crippen molar-refractivity contribution in [3.8, 4) is 5.75 Å². The third-order valence-corrected chi connectivity index (χ3v) is 6.55. The van der Waals surface area contributed by atoms with Gasteiger partial charge in [-0.2, -0.15) is 10.2 Å². The SMILES string of the molecule is Cc1nn([C@@H]2CCS(=O)(=O)C2)c(C)c1/C=N\NC(=O)[C@H](C)Oc1ccc(F)cc1. The number of rotatable bonds is 6. The molecule has 0 saturated carbocycles. The first-order chi connectivity index (χ1) is 13.7. The van der Waals surface area contributed by atoms with Gasteiger partial charge in [-0.05, 0) is 51.5 Å². The number of halogens is 1. The van der Waals surface area contributed by atoms with Crippen molar-refractivity contribution in [1.29, 1.82) is 0 Å². The van der Waals surface area contributed by atoms with E-state index < -0.39 is 21.8 Å². The summed E-state index contributed by atoms with van der Waals surface area (Å²) in [4.78, 5) is 12.1. The largest absolute Gasteiger partial charge is 0.481 e. The van der Waals surface area contributed by atoms with E-state index in [1.165, 1.54) is 30.5 Å². The van der Waals surface area contributed by atoms with Crippen LogP contribution in [0.1, 0.15) is 36.3 Å². The Labute approximate surface area is 168 Å². The predicted octanol–water partition coefficient (Wildman–Crippen LogP) is 1.92. The van der Waals surface area contributed by atoms with Crippen molar-refractivity contribution < 1.29 is 22.3 Å². The summed E-state index contributed by atoms with van der Waals surface area (Å²) in [5, 5.41) is 8.42. The summed E-state index contributed by atoms with van der Waals surface area (Å²) in [7, 11) is -3.02. The molecular weight excluding hydrogens is 399 g/mol. The molecule has 2 heterocycles. The second-order valence-electron chi connectivity index (χ2n) is 7.03. The van der Waals surface area contributed by atoms with Crippen LogP contribution in [0.4, 0.5) is 4.39 Å². The Morgan fingerprint density at radius 2 is 2.07 bits per heavy atom. The number of carbonyl (C=O) groups is 1. The number of nitrogens with one attached hydrogen (secondary N) is 1. The quantitative estimate of drug-likeness (QED) is 0.566. The van der Waals surface area contributed by atoms with Gasteiger partial charge in [0.2, 0.25) is 0 Å². The third kappa shape index (κ3) is 5.00. The lowest BCUT2D eigenvalue weighted by Gasteiger charge is -2.12. The number of aryl methyl sites for hydroxylation is 1. The number of benzene rings is 1. The van der Waals surface area contributed by atoms with Crippen molar-refractivity contribution in [1.82, 2.24) is 15.2 Å². The van der Waals surface area contributed by atoms with E-state index in [1.54, 1.807) is 18.5 Å². The maximum Gasteiger partial charge on any atom is 0.280 e. The number of amides is 1. The van der Waals surface area contributed by atoms with Gasteiger partial charge >= 0.3 is 0 Å². The Hall–Kier alpha value is -2.75. The van der Waals surface area contributed by atoms with Crippen LogP contribution < -0.4 is 10.2 Å². The van der Waals surface area contributed by atoms with Crippen molar-refractivity contribution in [2.75, 3.05) is 11.5 Å². The van der Waals surface area contributed by atoms with E-state index in [-0.39, 0.29) is 23.4 Å². The summed E-state index contributed by atoms with van der Waals surface area (Å²) in [6.45, 7) is 5.20. The van der Waals surface area contributed by atoms with Crippen molar-refractivity contribution in [2.45, 2.75) is 39.3 Å². The van der Waals surface area contributed by atoms with E-state index in [1.807, 2.05) is 6.92 Å². The molecule has 0 unspecified atom stereocenters. The molecule has 1 saturated heterocycles. The zero-order valence-electron chi connectivity index (χ0n) is 16.4. The highest BCUT2D eigenvalue weighted by molar-refractivity contribution is 7.91. The van der Waals surface area contributed by atoms with E-state index >= 15 is 0 Å². The Kier molecular flexibility index (Phi) is 6.02. The molecule has 10 heteroatoms. The molecule has 1 aromatic heterocycles. The average Bonchev–Trinajstić information content (AvgIpc) is 3.16. The molecule has 1 amide bonds. The van der Waals surface area contributed by atoms with Gasteiger partial charge in [0, 0.05) is 11.3 Å². The van der Waals surface area contributed by atoms with Gasteiger partial charge in [0.1, 0.15) is 11.6 Å². The summed E-state index contributed by atoms with van der Waals surface area (Å²) in [5.41, 5.74) is 4.62. The van der Waals surface area contributed by atoms with E-state index in [2.05, 4.69) is 15.6 Å². The Morgan fingerprint density at radius 1 is 1.38 bits per heavy atom. The zero-order valence-corrected chi connectivity index (χ0v) is 17.2. The van der Waals surface area contributed by atoms with E-state index in [0.29, 0.717) is 17.9 Å². The number of carbonyl (C=O) groups excluding carboxylic acids is 1. The fourth-order valence-corrected chi connectivity index (χ4v) is 4.90. The highest BCUT2D eigenvalue weighted by atomic mass is 32.2. The molecular formula is C19H23FN4O4S. The summed E-state index contributed by atoms with van der Waals surface area (Å²) in [5.74, 6) is -0.227. The number of nitrogens with zero attached hydrogens (tertiary/aromatic N) is 3. The van der Waals surface area contributed by atoms with Crippen LogP contribution in [-0.2, 0) is 14.6 Å². The maximum atomic E-state index is 12.9. The second-order valence-corrected chi connectivity index (χ2v) is 9.26. The minimum Gasteiger partial charge on any atom is -0.481 e. The normalized spacial score (nSPS) is 19.4. The number of hydrogen-bond acceptors (Lipinski definition) is 6. The maximum absolute atomic E-state index is 12.9. The van der Waals surface area contributed by atoms with E-state index in [4.69, 9.17) is 4.74 Å². The smallest absolute Gasteiger partial charge is 0.280 e. The predicted molar refractivity (Wildman–Crippen MR) is 106 cm³/mol. The Morgan fingerprint density at radius 3 is 2.69 bits per heavy atom. The van der Waals surface area contributed by atoms with Crippen molar-refractivity contribution in [3.63, 3.8) is 0 Å². The van der Waals surface area contributed by atoms with Crippen LogP contribution in [0.25, 0.3) is 0 Å². The lowest BCUT2D eigenvalue weighted by molar-refractivity contribution is -0.127. The first-order valence-corrected chi connectivity index (χ1v) is 11.0. The average molecular weight is 422 g/mol. The molecule has 156 valence electrons. The zero-order chi connectivity index (χ0) is 21.2. The fraction of sp³-hybridized carbons (Fsp3) is 0.421. The molecule has 0 bridgehead atoms. The van der Waals surface area contributed by atoms with Crippen LogP contribution in [0.5, 0.6) is 5.75 Å². The summed E-state index contributed by atoms with van der Waals surface area (Å²) < 4.78 is 43.6. The number of hydrogen-bond donors (Lipinski definition) is 1. The molecule has 0 spiro atoms. The van der Waals surface area contributed by atoms with Gasteiger partial charge < -0.3 is 4.74 Å². The molecule has 0 aliphatic carbocycles. The molecule has 2 aromatic rings. The van der Waals surface area contributed by atoms with E-state index in [9.17, 15) is 17.6 Å². The van der Waals surface area contributed by atoms with Gasteiger partial charge in [-0.15, -0.1) is 0 Å². The van der Waals surface area contributed by atoms with Crippen molar-refractivity contribution in [2.24, 2.45) is 5.10 Å². The van der Waals surface area contributed by atoms with Crippen LogP contribution in [-0.4, -0.2) is 47.9 Å². The molecule has 1 N–H and O–H groups in total. The summed E-state index contributed by atoms with van der Waals surface area (Å²) in [6.07, 6.45) is 1.20. The van der Waals surface area contributed by atoms with Crippen molar-refractivity contribution in [3.05, 3.63) is 47.0 Å². The highest BCUT2D eigenvalue weighted by Crippen LogP contribution is 2.26. The van der Waals surface area contributed by atoms with Crippen LogP contribution in [0, 0.1) is 19.7 Å². The standard InChI is InChI=1S/C19H23FN4O4S/c1-12-18(13(2)24(23-12)16-8-9-29(26,27)11-16)10-21-22-19(25)14(3)28-17-6-4-15(20)5-7-17/h4-7,10,14,16H,8-9,11H2,1-3H3,(H,22,25)/b21-10-/t14-,16+/m0/s1. The minimum atomic E-state index is -3.02. The minimum absolute atomic E-state index is 0.0838. The second kappa shape index (κ2) is 8.32. The first-order valence-electron chi connectivity index (χ1n) is 9.17. The molecule has 1 fully saturated rings. The van der Waals surface area contributed by atoms with Crippen LogP contribution >= 0.6 is 0 Å².